The first-order valence-corrected chi connectivity index (χ1v) is 13.3. The highest BCUT2D eigenvalue weighted by Crippen LogP contribution is 2.43. The lowest BCUT2D eigenvalue weighted by atomic mass is 9.96. The van der Waals surface area contributed by atoms with Crippen LogP contribution in [0.3, 0.4) is 0 Å². The zero-order valence-corrected chi connectivity index (χ0v) is 21.4. The fraction of sp³-hybridized carbons (Fsp3) is 0.188. The van der Waals surface area contributed by atoms with E-state index in [0.29, 0.717) is 19.8 Å². The number of para-hydroxylation sites is 2. The van der Waals surface area contributed by atoms with E-state index < -0.39 is 0 Å². The van der Waals surface area contributed by atoms with Gasteiger partial charge in [0.2, 0.25) is 5.56 Å². The Morgan fingerprint density at radius 3 is 2.74 bits per heavy atom. The molecule has 39 heavy (non-hydrogen) atoms. The quantitative estimate of drug-likeness (QED) is 0.304. The number of rotatable bonds is 5. The number of anilines is 2. The molecular weight excluding hydrogens is 488 g/mol. The highest BCUT2D eigenvalue weighted by Gasteiger charge is 2.22. The zero-order valence-electron chi connectivity index (χ0n) is 21.4. The zero-order chi connectivity index (χ0) is 26.2. The van der Waals surface area contributed by atoms with Crippen molar-refractivity contribution in [2.24, 2.45) is 0 Å². The third-order valence-corrected chi connectivity index (χ3v) is 7.39. The number of fused-ring (bicyclic) bond motifs is 3. The molecule has 5 aromatic rings. The summed E-state index contributed by atoms with van der Waals surface area (Å²) in [5.74, 6) is 1.63. The van der Waals surface area contributed by atoms with Crippen molar-refractivity contribution in [3.63, 3.8) is 0 Å². The van der Waals surface area contributed by atoms with E-state index in [1.54, 1.807) is 6.07 Å². The van der Waals surface area contributed by atoms with Crippen LogP contribution in [-0.2, 0) is 17.7 Å². The van der Waals surface area contributed by atoms with Gasteiger partial charge in [0, 0.05) is 66.2 Å². The standard InChI is InChI=1S/C32H28N4O3/c37-31-18-26(36-10-12-38-13-11-36)17-29(35-31)27-6-3-5-23-15-24-16-25(8-9-30(24)39-32(23)27)33-19-21-14-22-4-1-2-7-28(22)34-20-21/h1-9,14,16-18,20,33H,10-13,15,19H2,(H,35,37). The minimum absolute atomic E-state index is 0.125. The van der Waals surface area contributed by atoms with Crippen LogP contribution in [0, 0.1) is 0 Å². The fourth-order valence-corrected chi connectivity index (χ4v) is 5.39. The average Bonchev–Trinajstić information content (AvgIpc) is 2.98. The van der Waals surface area contributed by atoms with E-state index in [4.69, 9.17) is 9.47 Å². The van der Waals surface area contributed by atoms with Crippen LogP contribution in [0.25, 0.3) is 22.2 Å². The number of hydrogen-bond acceptors (Lipinski definition) is 6. The largest absolute Gasteiger partial charge is 0.456 e. The Morgan fingerprint density at radius 2 is 1.82 bits per heavy atom. The molecule has 3 aromatic carbocycles. The van der Waals surface area contributed by atoms with Gasteiger partial charge in [-0.15, -0.1) is 0 Å². The SMILES string of the molecule is O=c1cc(N2CCOCC2)cc(-c2cccc3c2Oc2ccc(NCc4cnc5ccccc5c4)cc2C3)[nH]1. The molecular formula is C32H28N4O3. The smallest absolute Gasteiger partial charge is 0.250 e. The molecule has 2 aromatic heterocycles. The summed E-state index contributed by atoms with van der Waals surface area (Å²) in [6.07, 6.45) is 2.67. The Hall–Kier alpha value is -4.62. The van der Waals surface area contributed by atoms with E-state index in [1.807, 2.05) is 54.7 Å². The Labute approximate surface area is 226 Å². The van der Waals surface area contributed by atoms with Gasteiger partial charge in [-0.25, -0.2) is 0 Å². The maximum atomic E-state index is 12.6. The fourth-order valence-electron chi connectivity index (χ4n) is 5.39. The van der Waals surface area contributed by atoms with Gasteiger partial charge < -0.3 is 24.7 Å². The molecule has 0 spiro atoms. The minimum atomic E-state index is -0.125. The van der Waals surface area contributed by atoms with Crippen molar-refractivity contribution in [1.29, 1.82) is 0 Å². The van der Waals surface area contributed by atoms with Crippen molar-refractivity contribution >= 4 is 22.3 Å². The number of benzene rings is 3. The third-order valence-electron chi connectivity index (χ3n) is 7.39. The third kappa shape index (κ3) is 4.73. The van der Waals surface area contributed by atoms with Crippen LogP contribution >= 0.6 is 0 Å². The lowest BCUT2D eigenvalue weighted by Crippen LogP contribution is -2.36. The van der Waals surface area contributed by atoms with Crippen molar-refractivity contribution in [2.75, 3.05) is 36.5 Å². The first-order chi connectivity index (χ1) is 19.2. The molecule has 0 amide bonds. The summed E-state index contributed by atoms with van der Waals surface area (Å²) >= 11 is 0. The van der Waals surface area contributed by atoms with Crippen LogP contribution < -0.4 is 20.5 Å². The molecule has 1 fully saturated rings. The van der Waals surface area contributed by atoms with Crippen molar-refractivity contribution < 1.29 is 9.47 Å². The Morgan fingerprint density at radius 1 is 0.923 bits per heavy atom. The lowest BCUT2D eigenvalue weighted by molar-refractivity contribution is 0.122. The molecule has 0 radical (unpaired) electrons. The predicted molar refractivity (Wildman–Crippen MR) is 154 cm³/mol. The van der Waals surface area contributed by atoms with E-state index >= 15 is 0 Å². The number of nitrogens with zero attached hydrogens (tertiary/aromatic N) is 2. The summed E-state index contributed by atoms with van der Waals surface area (Å²) in [6, 6.07) is 26.4. The summed E-state index contributed by atoms with van der Waals surface area (Å²) in [5, 5.41) is 4.67. The summed E-state index contributed by atoms with van der Waals surface area (Å²) in [4.78, 5) is 22.4. The molecule has 1 saturated heterocycles. The van der Waals surface area contributed by atoms with E-state index in [2.05, 4.69) is 44.5 Å². The molecule has 2 N–H and O–H groups in total. The summed E-state index contributed by atoms with van der Waals surface area (Å²) in [6.45, 7) is 3.56. The topological polar surface area (TPSA) is 79.5 Å². The van der Waals surface area contributed by atoms with Gasteiger partial charge in [0.1, 0.15) is 11.5 Å². The molecule has 0 unspecified atom stereocenters. The summed E-state index contributed by atoms with van der Waals surface area (Å²) in [5.41, 5.74) is 7.80. The number of aromatic amines is 1. The van der Waals surface area contributed by atoms with Crippen LogP contribution in [0.1, 0.15) is 16.7 Å². The number of ether oxygens (including phenoxy) is 2. The molecule has 0 aliphatic carbocycles. The van der Waals surface area contributed by atoms with Crippen molar-refractivity contribution in [3.05, 3.63) is 112 Å². The van der Waals surface area contributed by atoms with Crippen LogP contribution in [0.5, 0.6) is 11.5 Å². The van der Waals surface area contributed by atoms with Gasteiger partial charge >= 0.3 is 0 Å². The van der Waals surface area contributed by atoms with Crippen LogP contribution in [0.4, 0.5) is 11.4 Å². The molecule has 0 bridgehead atoms. The van der Waals surface area contributed by atoms with E-state index in [0.717, 1.165) is 81.2 Å². The van der Waals surface area contributed by atoms with E-state index in [-0.39, 0.29) is 5.56 Å². The average molecular weight is 517 g/mol. The van der Waals surface area contributed by atoms with Crippen molar-refractivity contribution in [3.8, 4) is 22.8 Å². The normalized spacial score (nSPS) is 14.4. The summed E-state index contributed by atoms with van der Waals surface area (Å²) in [7, 11) is 0. The highest BCUT2D eigenvalue weighted by molar-refractivity contribution is 5.79. The molecule has 7 rings (SSSR count). The first kappa shape index (κ1) is 23.5. The molecule has 4 heterocycles. The Balaban J connectivity index is 1.13. The van der Waals surface area contributed by atoms with Crippen molar-refractivity contribution in [1.82, 2.24) is 9.97 Å². The van der Waals surface area contributed by atoms with Gasteiger partial charge in [0.15, 0.2) is 0 Å². The maximum absolute atomic E-state index is 12.6. The minimum Gasteiger partial charge on any atom is -0.456 e. The molecule has 194 valence electrons. The monoisotopic (exact) mass is 516 g/mol. The number of nitrogens with one attached hydrogen (secondary N) is 2. The van der Waals surface area contributed by atoms with E-state index in [9.17, 15) is 4.79 Å². The van der Waals surface area contributed by atoms with Gasteiger partial charge in [-0.2, -0.15) is 0 Å². The lowest BCUT2D eigenvalue weighted by Gasteiger charge is -2.29. The van der Waals surface area contributed by atoms with Gasteiger partial charge in [0.25, 0.3) is 0 Å². The molecule has 2 aliphatic heterocycles. The second kappa shape index (κ2) is 9.93. The van der Waals surface area contributed by atoms with E-state index in [1.165, 1.54) is 0 Å². The van der Waals surface area contributed by atoms with Crippen LogP contribution in [0.2, 0.25) is 0 Å². The number of pyridine rings is 2. The predicted octanol–water partition coefficient (Wildman–Crippen LogP) is 5.74. The van der Waals surface area contributed by atoms with Crippen LogP contribution in [0.15, 0.2) is 89.9 Å². The first-order valence-electron chi connectivity index (χ1n) is 13.3. The maximum Gasteiger partial charge on any atom is 0.250 e. The summed E-state index contributed by atoms with van der Waals surface area (Å²) < 4.78 is 11.9. The molecule has 2 aliphatic rings. The second-order valence-corrected chi connectivity index (χ2v) is 10.0. The molecule has 7 heteroatoms. The number of morpholine rings is 1. The van der Waals surface area contributed by atoms with Crippen LogP contribution in [-0.4, -0.2) is 36.3 Å². The molecule has 7 nitrogen and oxygen atoms in total. The Kier molecular flexibility index (Phi) is 5.98. The number of H-pyrrole nitrogens is 1. The number of hydrogen-bond donors (Lipinski definition) is 2. The second-order valence-electron chi connectivity index (χ2n) is 10.0. The number of aromatic nitrogens is 2. The molecule has 0 saturated carbocycles. The Bertz CT molecular complexity index is 1740. The van der Waals surface area contributed by atoms with Gasteiger partial charge in [0.05, 0.1) is 24.4 Å². The van der Waals surface area contributed by atoms with Gasteiger partial charge in [-0.1, -0.05) is 30.3 Å². The van der Waals surface area contributed by atoms with Gasteiger partial charge in [-0.05, 0) is 53.6 Å². The van der Waals surface area contributed by atoms with Crippen molar-refractivity contribution in [2.45, 2.75) is 13.0 Å². The molecule has 0 atom stereocenters. The highest BCUT2D eigenvalue weighted by atomic mass is 16.5. The van der Waals surface area contributed by atoms with Gasteiger partial charge in [-0.3, -0.25) is 9.78 Å².